The van der Waals surface area contributed by atoms with Crippen molar-refractivity contribution in [3.8, 4) is 0 Å². The summed E-state index contributed by atoms with van der Waals surface area (Å²) in [6, 6.07) is 0. The maximum absolute atomic E-state index is 10.5. The van der Waals surface area contributed by atoms with Crippen LogP contribution in [0.3, 0.4) is 0 Å². The van der Waals surface area contributed by atoms with E-state index in [0.717, 1.165) is 30.1 Å². The molecule has 39 heavy (non-hydrogen) atoms. The van der Waals surface area contributed by atoms with Gasteiger partial charge in [0.1, 0.15) is 6.10 Å². The highest BCUT2D eigenvalue weighted by molar-refractivity contribution is 5.19. The number of aliphatic hydroxyl groups excluding tert-OH is 3. The second-order valence-corrected chi connectivity index (χ2v) is 17.2. The fourth-order valence-corrected chi connectivity index (χ4v) is 13.2. The molecule has 0 heterocycles. The van der Waals surface area contributed by atoms with Gasteiger partial charge in [0.25, 0.3) is 0 Å². The van der Waals surface area contributed by atoms with Gasteiger partial charge < -0.3 is 21.1 Å². The summed E-state index contributed by atoms with van der Waals surface area (Å²) in [7, 11) is 0. The van der Waals surface area contributed by atoms with Gasteiger partial charge in [-0.25, -0.2) is 0 Å². The third-order valence-electron chi connectivity index (χ3n) is 15.4. The van der Waals surface area contributed by atoms with Crippen LogP contribution in [-0.4, -0.2) is 40.2 Å². The summed E-state index contributed by atoms with van der Waals surface area (Å²) in [5.41, 5.74) is 7.83. The van der Waals surface area contributed by atoms with E-state index in [9.17, 15) is 15.3 Å². The molecule has 0 radical (unpaired) electrons. The second-order valence-electron chi connectivity index (χ2n) is 17.2. The van der Waals surface area contributed by atoms with Gasteiger partial charge in [0.2, 0.25) is 0 Å². The van der Waals surface area contributed by atoms with Crippen LogP contribution in [0.4, 0.5) is 0 Å². The van der Waals surface area contributed by atoms with Crippen LogP contribution in [0.1, 0.15) is 132 Å². The third-order valence-corrected chi connectivity index (χ3v) is 15.4. The van der Waals surface area contributed by atoms with Gasteiger partial charge in [-0.05, 0) is 140 Å². The minimum atomic E-state index is -1.14. The van der Waals surface area contributed by atoms with Gasteiger partial charge in [0.15, 0.2) is 0 Å². The van der Waals surface area contributed by atoms with Crippen molar-refractivity contribution in [2.24, 2.45) is 68.3 Å². The molecule has 5 fully saturated rings. The van der Waals surface area contributed by atoms with Gasteiger partial charge in [-0.2, -0.15) is 0 Å². The van der Waals surface area contributed by atoms with Crippen LogP contribution in [0.5, 0.6) is 0 Å². The van der Waals surface area contributed by atoms with Crippen molar-refractivity contribution in [3.05, 3.63) is 0 Å². The standard InChI is InChI=1S/C35H63NO3/c1-22(9-10-25(37)30(39)26(38)21-36)23-13-18-32(4)24(23)14-19-34(6)28(32)11-12-29-33(5)17-8-16-31(2,3)27(33)15-20-35(29,34)7/h22-30,37-39H,8-21,36H2,1-7H3/t22-,23-,24+,25-,26+,27+,28-,29-,30-,32+,33+,34-,35-/m1/s1. The Balaban J connectivity index is 1.33. The third kappa shape index (κ3) is 4.42. The minimum Gasteiger partial charge on any atom is -0.390 e. The lowest BCUT2D eigenvalue weighted by atomic mass is 9.32. The molecule has 226 valence electrons. The SMILES string of the molecule is C[C@H](CC[C@@H](O)[C@@H](O)[C@@H](O)CN)[C@H]1CC[C@]2(C)[C@H]3CC[C@@H]4[C@@]5(C)CCCC(C)(C)[C@@H]5CC[C@@]4(C)[C@]3(C)CC[C@@H]12. The van der Waals surface area contributed by atoms with Crippen LogP contribution >= 0.6 is 0 Å². The fourth-order valence-electron chi connectivity index (χ4n) is 13.2. The zero-order valence-electron chi connectivity index (χ0n) is 26.5. The van der Waals surface area contributed by atoms with Crippen LogP contribution in [0.2, 0.25) is 0 Å². The molecule has 0 aromatic heterocycles. The summed E-state index contributed by atoms with van der Waals surface area (Å²) in [4.78, 5) is 0. The quantitative estimate of drug-likeness (QED) is 0.279. The van der Waals surface area contributed by atoms with Crippen molar-refractivity contribution in [2.45, 2.75) is 150 Å². The van der Waals surface area contributed by atoms with E-state index in [4.69, 9.17) is 5.73 Å². The molecule has 5 rings (SSSR count). The smallest absolute Gasteiger partial charge is 0.107 e. The van der Waals surface area contributed by atoms with Gasteiger partial charge >= 0.3 is 0 Å². The molecule has 5 aliphatic rings. The van der Waals surface area contributed by atoms with E-state index in [0.29, 0.717) is 45.3 Å². The number of fused-ring (bicyclic) bond motifs is 7. The molecule has 4 nitrogen and oxygen atoms in total. The van der Waals surface area contributed by atoms with E-state index >= 15 is 0 Å². The van der Waals surface area contributed by atoms with E-state index in [1.54, 1.807) is 0 Å². The van der Waals surface area contributed by atoms with Crippen molar-refractivity contribution >= 4 is 0 Å². The van der Waals surface area contributed by atoms with Gasteiger partial charge in [0.05, 0.1) is 12.2 Å². The summed E-state index contributed by atoms with van der Waals surface area (Å²) in [5, 5.41) is 30.6. The summed E-state index contributed by atoms with van der Waals surface area (Å²) >= 11 is 0. The Bertz CT molecular complexity index is 891. The lowest BCUT2D eigenvalue weighted by Crippen LogP contribution is -2.65. The Labute approximate surface area is 240 Å². The average molecular weight is 546 g/mol. The molecule has 0 bridgehead atoms. The topological polar surface area (TPSA) is 86.7 Å². The van der Waals surface area contributed by atoms with Crippen molar-refractivity contribution in [3.63, 3.8) is 0 Å². The van der Waals surface area contributed by atoms with Crippen molar-refractivity contribution in [2.75, 3.05) is 6.54 Å². The maximum Gasteiger partial charge on any atom is 0.107 e. The van der Waals surface area contributed by atoms with Crippen LogP contribution in [0.25, 0.3) is 0 Å². The maximum atomic E-state index is 10.5. The zero-order valence-corrected chi connectivity index (χ0v) is 26.5. The predicted molar refractivity (Wildman–Crippen MR) is 160 cm³/mol. The number of hydrogen-bond donors (Lipinski definition) is 4. The first-order chi connectivity index (χ1) is 18.2. The number of hydrogen-bond acceptors (Lipinski definition) is 4. The van der Waals surface area contributed by atoms with Crippen molar-refractivity contribution in [1.82, 2.24) is 0 Å². The van der Waals surface area contributed by atoms with Crippen LogP contribution in [0.15, 0.2) is 0 Å². The minimum absolute atomic E-state index is 0.0195. The molecular formula is C35H63NO3. The van der Waals surface area contributed by atoms with Gasteiger partial charge in [-0.15, -0.1) is 0 Å². The highest BCUT2D eigenvalue weighted by Gasteiger charge is 2.70. The first-order valence-electron chi connectivity index (χ1n) is 16.9. The first kappa shape index (κ1) is 30.3. The van der Waals surface area contributed by atoms with Gasteiger partial charge in [-0.1, -0.05) is 54.9 Å². The van der Waals surface area contributed by atoms with Crippen LogP contribution < -0.4 is 5.73 Å². The zero-order chi connectivity index (χ0) is 28.6. The monoisotopic (exact) mass is 545 g/mol. The van der Waals surface area contributed by atoms with E-state index in [2.05, 4.69) is 48.5 Å². The highest BCUT2D eigenvalue weighted by atomic mass is 16.4. The highest BCUT2D eigenvalue weighted by Crippen LogP contribution is 2.78. The van der Waals surface area contributed by atoms with Crippen LogP contribution in [-0.2, 0) is 0 Å². The summed E-state index contributed by atoms with van der Waals surface area (Å²) in [6.07, 6.45) is 13.8. The molecule has 0 spiro atoms. The Morgan fingerprint density at radius 2 is 1.28 bits per heavy atom. The second kappa shape index (κ2) is 10.2. The molecule has 5 aliphatic carbocycles. The van der Waals surface area contributed by atoms with Crippen molar-refractivity contribution in [1.29, 1.82) is 0 Å². The molecule has 13 atom stereocenters. The number of rotatable bonds is 7. The van der Waals surface area contributed by atoms with Gasteiger partial charge in [0, 0.05) is 6.54 Å². The predicted octanol–water partition coefficient (Wildman–Crippen LogP) is 6.94. The Morgan fingerprint density at radius 3 is 1.92 bits per heavy atom. The summed E-state index contributed by atoms with van der Waals surface area (Å²) in [5.74, 6) is 4.61. The number of aliphatic hydroxyl groups is 3. The first-order valence-corrected chi connectivity index (χ1v) is 16.9. The molecule has 0 aliphatic heterocycles. The molecule has 0 aromatic carbocycles. The van der Waals surface area contributed by atoms with Crippen molar-refractivity contribution < 1.29 is 15.3 Å². The van der Waals surface area contributed by atoms with E-state index in [1.807, 2.05) is 0 Å². The molecule has 0 saturated heterocycles. The Morgan fingerprint density at radius 1 is 0.667 bits per heavy atom. The van der Waals surface area contributed by atoms with Crippen LogP contribution in [0, 0.1) is 62.6 Å². The Kier molecular flexibility index (Phi) is 7.95. The van der Waals surface area contributed by atoms with Gasteiger partial charge in [-0.3, -0.25) is 0 Å². The fraction of sp³-hybridized carbons (Fsp3) is 1.00. The summed E-state index contributed by atoms with van der Waals surface area (Å²) in [6.45, 7) is 18.4. The number of nitrogens with two attached hydrogens (primary N) is 1. The Hall–Kier alpha value is -0.160. The molecule has 0 aromatic rings. The molecule has 5 N–H and O–H groups in total. The normalized spacial score (nSPS) is 50.1. The molecule has 0 amide bonds. The molecule has 4 heteroatoms. The summed E-state index contributed by atoms with van der Waals surface area (Å²) < 4.78 is 0. The molecule has 0 unspecified atom stereocenters. The lowest BCUT2D eigenvalue weighted by Gasteiger charge is -2.73. The average Bonchev–Trinajstić information content (AvgIpc) is 3.23. The molecular weight excluding hydrogens is 482 g/mol. The molecule has 5 saturated carbocycles. The van der Waals surface area contributed by atoms with E-state index < -0.39 is 18.3 Å². The largest absolute Gasteiger partial charge is 0.390 e. The lowest BCUT2D eigenvalue weighted by molar-refractivity contribution is -0.241. The van der Waals surface area contributed by atoms with E-state index in [-0.39, 0.29) is 6.54 Å². The van der Waals surface area contributed by atoms with E-state index in [1.165, 1.54) is 70.6 Å².